The van der Waals surface area contributed by atoms with Crippen molar-refractivity contribution in [3.63, 3.8) is 0 Å². The van der Waals surface area contributed by atoms with Crippen LogP contribution < -0.4 is 9.80 Å². The lowest BCUT2D eigenvalue weighted by Gasteiger charge is -2.23. The molecule has 0 bridgehead atoms. The van der Waals surface area contributed by atoms with Crippen molar-refractivity contribution in [2.45, 2.75) is 0 Å². The van der Waals surface area contributed by atoms with Crippen LogP contribution in [0.15, 0.2) is 167 Å². The van der Waals surface area contributed by atoms with Gasteiger partial charge in [0, 0.05) is 44.0 Å². The first-order valence-corrected chi connectivity index (χ1v) is 19.1. The predicted octanol–water partition coefficient (Wildman–Crippen LogP) is 13.3. The lowest BCUT2D eigenvalue weighted by molar-refractivity contribution is 0.0986. The molecule has 0 radical (unpaired) electrons. The molecular formula is C46H26N2O4S2. The average molecular weight is 735 g/mol. The highest BCUT2D eigenvalue weighted by atomic mass is 32.1. The Bertz CT molecular complexity index is 2860. The highest BCUT2D eigenvalue weighted by molar-refractivity contribution is 7.21. The number of carbonyl (C=O) groups is 2. The van der Waals surface area contributed by atoms with Gasteiger partial charge in [0.1, 0.15) is 21.2 Å². The number of hydrogen-bond donors (Lipinski definition) is 0. The molecule has 0 saturated heterocycles. The molecule has 1 aliphatic rings. The molecule has 54 heavy (non-hydrogen) atoms. The van der Waals surface area contributed by atoms with Crippen molar-refractivity contribution in [1.29, 1.82) is 0 Å². The molecule has 0 aliphatic heterocycles. The Kier molecular flexibility index (Phi) is 6.79. The lowest BCUT2D eigenvalue weighted by atomic mass is 9.96. The van der Waals surface area contributed by atoms with E-state index in [0.717, 1.165) is 76.6 Å². The molecular weight excluding hydrogens is 709 g/mol. The van der Waals surface area contributed by atoms with Crippen molar-refractivity contribution in [2.24, 2.45) is 0 Å². The number of rotatable bonds is 6. The molecule has 0 fully saturated rings. The Hall–Kier alpha value is -6.74. The van der Waals surface area contributed by atoms with Gasteiger partial charge in [-0.15, -0.1) is 22.7 Å². The molecule has 256 valence electrons. The fourth-order valence-corrected chi connectivity index (χ4v) is 9.93. The second-order valence-electron chi connectivity index (χ2n) is 13.2. The average Bonchev–Trinajstić information content (AvgIpc) is 4.02. The number of hydrogen-bond acceptors (Lipinski definition) is 8. The second kappa shape index (κ2) is 11.9. The number of thiophene rings is 2. The summed E-state index contributed by atoms with van der Waals surface area (Å²) in [6.07, 6.45) is 0. The van der Waals surface area contributed by atoms with Crippen LogP contribution in [0.4, 0.5) is 32.8 Å². The number of benzene rings is 6. The number of fused-ring (bicyclic) bond motifs is 8. The van der Waals surface area contributed by atoms with Crippen LogP contribution in [0.2, 0.25) is 0 Å². The number of carbonyl (C=O) groups excluding carboxylic acids is 2. The maximum Gasteiger partial charge on any atom is 0.205 e. The zero-order chi connectivity index (χ0) is 35.9. The predicted molar refractivity (Wildman–Crippen MR) is 219 cm³/mol. The van der Waals surface area contributed by atoms with E-state index in [-0.39, 0.29) is 11.6 Å². The maximum atomic E-state index is 14.5. The zero-order valence-corrected chi connectivity index (χ0v) is 30.0. The standard InChI is InChI=1S/C46H26N2O4S2/c49-41-33-25-39(47(27-13-3-1-4-14-27)35-21-11-19-31-29-17-7-9-23-37(29)51-43(31)35)53-45(33)42(50)34-26-40(54-46(34)41)48(28-15-5-2-6-16-28)36-22-12-20-32-30-18-8-10-24-38(30)52-44(32)36/h1-26H. The van der Waals surface area contributed by atoms with E-state index in [0.29, 0.717) is 20.9 Å². The summed E-state index contributed by atoms with van der Waals surface area (Å²) in [6.45, 7) is 0. The van der Waals surface area contributed by atoms with E-state index in [9.17, 15) is 9.59 Å². The quantitative estimate of drug-likeness (QED) is 0.169. The van der Waals surface area contributed by atoms with Crippen LogP contribution in [-0.4, -0.2) is 11.6 Å². The van der Waals surface area contributed by atoms with Crippen molar-refractivity contribution >= 4 is 111 Å². The monoisotopic (exact) mass is 734 g/mol. The smallest absolute Gasteiger partial charge is 0.205 e. The van der Waals surface area contributed by atoms with Crippen LogP contribution in [0.3, 0.4) is 0 Å². The minimum Gasteiger partial charge on any atom is -0.454 e. The van der Waals surface area contributed by atoms with E-state index in [4.69, 9.17) is 8.83 Å². The molecule has 0 unspecified atom stereocenters. The molecule has 6 nitrogen and oxygen atoms in total. The molecule has 4 aromatic heterocycles. The maximum absolute atomic E-state index is 14.5. The molecule has 0 spiro atoms. The number of anilines is 6. The molecule has 8 heteroatoms. The molecule has 0 amide bonds. The lowest BCUT2D eigenvalue weighted by Crippen LogP contribution is -2.15. The fraction of sp³-hybridized carbons (Fsp3) is 0. The topological polar surface area (TPSA) is 66.9 Å². The van der Waals surface area contributed by atoms with Crippen molar-refractivity contribution in [2.75, 3.05) is 9.80 Å². The van der Waals surface area contributed by atoms with Gasteiger partial charge < -0.3 is 8.83 Å². The van der Waals surface area contributed by atoms with E-state index >= 15 is 0 Å². The molecule has 0 N–H and O–H groups in total. The summed E-state index contributed by atoms with van der Waals surface area (Å²) in [6, 6.07) is 51.9. The molecule has 11 rings (SSSR count). The summed E-state index contributed by atoms with van der Waals surface area (Å²) < 4.78 is 12.9. The highest BCUT2D eigenvalue weighted by Crippen LogP contribution is 2.50. The third-order valence-corrected chi connectivity index (χ3v) is 12.3. The number of para-hydroxylation sites is 6. The van der Waals surface area contributed by atoms with Crippen LogP contribution in [0.1, 0.15) is 30.5 Å². The Labute approximate surface area is 316 Å². The van der Waals surface area contributed by atoms with Crippen LogP contribution in [0, 0.1) is 0 Å². The molecule has 10 aromatic rings. The zero-order valence-electron chi connectivity index (χ0n) is 28.4. The van der Waals surface area contributed by atoms with Gasteiger partial charge in [0.25, 0.3) is 0 Å². The number of nitrogens with zero attached hydrogens (tertiary/aromatic N) is 2. The van der Waals surface area contributed by atoms with Gasteiger partial charge in [-0.2, -0.15) is 0 Å². The van der Waals surface area contributed by atoms with Crippen LogP contribution in [0.25, 0.3) is 43.9 Å². The largest absolute Gasteiger partial charge is 0.454 e. The third-order valence-electron chi connectivity index (χ3n) is 10.1. The molecule has 6 aromatic carbocycles. The third kappa shape index (κ3) is 4.57. The Morgan fingerprint density at radius 2 is 0.796 bits per heavy atom. The van der Waals surface area contributed by atoms with Crippen LogP contribution >= 0.6 is 22.7 Å². The van der Waals surface area contributed by atoms with Gasteiger partial charge >= 0.3 is 0 Å². The van der Waals surface area contributed by atoms with Crippen molar-refractivity contribution in [3.8, 4) is 0 Å². The van der Waals surface area contributed by atoms with E-state index in [1.807, 2.05) is 133 Å². The van der Waals surface area contributed by atoms with E-state index in [1.54, 1.807) is 0 Å². The Balaban J connectivity index is 1.05. The minimum atomic E-state index is -0.164. The highest BCUT2D eigenvalue weighted by Gasteiger charge is 2.37. The van der Waals surface area contributed by atoms with Crippen molar-refractivity contribution in [3.05, 3.63) is 179 Å². The molecule has 4 heterocycles. The first-order chi connectivity index (χ1) is 26.6. The first-order valence-electron chi connectivity index (χ1n) is 17.5. The first kappa shape index (κ1) is 30.8. The summed E-state index contributed by atoms with van der Waals surface area (Å²) >= 11 is 2.66. The molecule has 0 atom stereocenters. The number of ketones is 2. The normalized spacial score (nSPS) is 12.5. The van der Waals surface area contributed by atoms with Gasteiger partial charge in [-0.1, -0.05) is 97.1 Å². The summed E-state index contributed by atoms with van der Waals surface area (Å²) in [7, 11) is 0. The number of furan rings is 2. The Morgan fingerprint density at radius 3 is 1.24 bits per heavy atom. The van der Waals surface area contributed by atoms with Crippen molar-refractivity contribution < 1.29 is 18.4 Å². The minimum absolute atomic E-state index is 0.164. The van der Waals surface area contributed by atoms with E-state index < -0.39 is 0 Å². The van der Waals surface area contributed by atoms with E-state index in [1.165, 1.54) is 22.7 Å². The Morgan fingerprint density at radius 1 is 0.407 bits per heavy atom. The van der Waals surface area contributed by atoms with Gasteiger partial charge in [-0.3, -0.25) is 19.4 Å². The van der Waals surface area contributed by atoms with Gasteiger partial charge in [0.2, 0.25) is 11.6 Å². The summed E-state index contributed by atoms with van der Waals surface area (Å²) in [4.78, 5) is 34.1. The van der Waals surface area contributed by atoms with E-state index in [2.05, 4.69) is 34.1 Å². The van der Waals surface area contributed by atoms with Crippen LogP contribution in [0.5, 0.6) is 0 Å². The summed E-state index contributed by atoms with van der Waals surface area (Å²) in [5.41, 5.74) is 7.29. The second-order valence-corrected chi connectivity index (χ2v) is 15.2. The summed E-state index contributed by atoms with van der Waals surface area (Å²) in [5, 5.41) is 5.54. The van der Waals surface area contributed by atoms with Gasteiger partial charge in [-0.05, 0) is 60.7 Å². The van der Waals surface area contributed by atoms with Crippen molar-refractivity contribution in [1.82, 2.24) is 0 Å². The SMILES string of the molecule is O=C1c2cc(N(c3ccccc3)c3cccc4c3oc3ccccc34)sc2C(=O)c2cc(N(c3ccccc3)c3cccc4c3oc3ccccc34)sc21. The molecule has 1 aliphatic carbocycles. The fourth-order valence-electron chi connectivity index (χ4n) is 7.64. The van der Waals surface area contributed by atoms with Gasteiger partial charge in [0.05, 0.1) is 21.1 Å². The van der Waals surface area contributed by atoms with Gasteiger partial charge in [-0.25, -0.2) is 0 Å². The van der Waals surface area contributed by atoms with Gasteiger partial charge in [0.15, 0.2) is 11.2 Å². The molecule has 0 saturated carbocycles. The summed E-state index contributed by atoms with van der Waals surface area (Å²) in [5.74, 6) is -0.327. The van der Waals surface area contributed by atoms with Crippen LogP contribution in [-0.2, 0) is 0 Å².